The number of amides is 2. The van der Waals surface area contributed by atoms with Crippen LogP contribution in [0.2, 0.25) is 0 Å². The molecule has 2 amide bonds. The Kier molecular flexibility index (Phi) is 7.01. The van der Waals surface area contributed by atoms with Gasteiger partial charge in [-0.25, -0.2) is 4.79 Å². The smallest absolute Gasteiger partial charge is 0.434 e. The average Bonchev–Trinajstić information content (AvgIpc) is 2.75. The first-order valence-electron chi connectivity index (χ1n) is 9.69. The van der Waals surface area contributed by atoms with Crippen LogP contribution in [0.25, 0.3) is 0 Å². The molecular formula is C24H22N2O5. The lowest BCUT2D eigenvalue weighted by Gasteiger charge is -2.10. The van der Waals surface area contributed by atoms with Crippen LogP contribution in [0.1, 0.15) is 33.2 Å². The molecule has 7 nitrogen and oxygen atoms in total. The maximum atomic E-state index is 12.5. The molecule has 3 rings (SSSR count). The van der Waals surface area contributed by atoms with Crippen molar-refractivity contribution in [3.05, 3.63) is 89.5 Å². The number of ether oxygens (including phenoxy) is 2. The third kappa shape index (κ3) is 5.93. The Morgan fingerprint density at radius 1 is 0.806 bits per heavy atom. The van der Waals surface area contributed by atoms with Gasteiger partial charge in [-0.15, -0.1) is 0 Å². The highest BCUT2D eigenvalue weighted by atomic mass is 16.7. The number of hydrogen-bond donors (Lipinski definition) is 2. The van der Waals surface area contributed by atoms with Gasteiger partial charge in [-0.1, -0.05) is 24.3 Å². The number of nitrogens with one attached hydrogen (secondary N) is 2. The zero-order chi connectivity index (χ0) is 22.2. The number of aryl methyl sites for hydroxylation is 1. The second-order valence-electron chi connectivity index (χ2n) is 6.61. The van der Waals surface area contributed by atoms with Gasteiger partial charge in [0.15, 0.2) is 0 Å². The lowest BCUT2D eigenvalue weighted by molar-refractivity contribution is 0.101. The molecule has 0 heterocycles. The van der Waals surface area contributed by atoms with Crippen LogP contribution in [0, 0.1) is 6.92 Å². The van der Waals surface area contributed by atoms with Crippen molar-refractivity contribution in [1.82, 2.24) is 0 Å². The summed E-state index contributed by atoms with van der Waals surface area (Å²) in [6, 6.07) is 20.3. The van der Waals surface area contributed by atoms with Crippen molar-refractivity contribution in [2.75, 3.05) is 17.2 Å². The number of carbonyl (C=O) groups is 3. The molecule has 31 heavy (non-hydrogen) atoms. The Bertz CT molecular complexity index is 1090. The van der Waals surface area contributed by atoms with Crippen LogP contribution in [0.3, 0.4) is 0 Å². The van der Waals surface area contributed by atoms with Crippen LogP contribution in [0.4, 0.5) is 16.2 Å². The topological polar surface area (TPSA) is 93.7 Å². The number of rotatable bonds is 6. The lowest BCUT2D eigenvalue weighted by Crippen LogP contribution is -2.15. The molecule has 3 aromatic rings. The Hall–Kier alpha value is -4.13. The van der Waals surface area contributed by atoms with E-state index in [1.165, 1.54) is 24.3 Å². The van der Waals surface area contributed by atoms with Crippen molar-refractivity contribution in [2.24, 2.45) is 0 Å². The third-order valence-electron chi connectivity index (χ3n) is 4.35. The first-order valence-corrected chi connectivity index (χ1v) is 9.69. The van der Waals surface area contributed by atoms with Crippen LogP contribution >= 0.6 is 0 Å². The van der Waals surface area contributed by atoms with E-state index in [-0.39, 0.29) is 24.2 Å². The van der Waals surface area contributed by atoms with Crippen LogP contribution in [-0.4, -0.2) is 24.6 Å². The molecule has 3 aromatic carbocycles. The van der Waals surface area contributed by atoms with E-state index in [1.807, 2.05) is 25.1 Å². The highest BCUT2D eigenvalue weighted by molar-refractivity contribution is 6.07. The summed E-state index contributed by atoms with van der Waals surface area (Å²) in [5.41, 5.74) is 2.93. The molecule has 7 heteroatoms. The Morgan fingerprint density at radius 3 is 2.10 bits per heavy atom. The predicted molar refractivity (Wildman–Crippen MR) is 118 cm³/mol. The molecule has 0 aliphatic carbocycles. The van der Waals surface area contributed by atoms with E-state index in [0.717, 1.165) is 5.56 Å². The summed E-state index contributed by atoms with van der Waals surface area (Å²) >= 11 is 0. The van der Waals surface area contributed by atoms with Crippen molar-refractivity contribution in [3.63, 3.8) is 0 Å². The molecule has 0 aromatic heterocycles. The third-order valence-corrected chi connectivity index (χ3v) is 4.35. The summed E-state index contributed by atoms with van der Waals surface area (Å²) in [5.74, 6) is -0.292. The Morgan fingerprint density at radius 2 is 1.45 bits per heavy atom. The van der Waals surface area contributed by atoms with Crippen molar-refractivity contribution in [1.29, 1.82) is 0 Å². The highest BCUT2D eigenvalue weighted by Crippen LogP contribution is 2.19. The van der Waals surface area contributed by atoms with Gasteiger partial charge in [-0.2, -0.15) is 0 Å². The van der Waals surface area contributed by atoms with Crippen molar-refractivity contribution in [2.45, 2.75) is 13.8 Å². The maximum Gasteiger partial charge on any atom is 0.513 e. The second-order valence-corrected chi connectivity index (χ2v) is 6.61. The van der Waals surface area contributed by atoms with E-state index in [2.05, 4.69) is 10.6 Å². The quantitative estimate of drug-likeness (QED) is 0.432. The summed E-state index contributed by atoms with van der Waals surface area (Å²) in [6.07, 6.45) is -0.802. The van der Waals surface area contributed by atoms with Gasteiger partial charge in [0, 0.05) is 22.5 Å². The molecule has 2 N–H and O–H groups in total. The normalized spacial score (nSPS) is 10.1. The number of benzene rings is 3. The minimum atomic E-state index is -0.802. The van der Waals surface area contributed by atoms with Gasteiger partial charge in [0.2, 0.25) is 0 Å². The fraction of sp³-hybridized carbons (Fsp3) is 0.125. The van der Waals surface area contributed by atoms with E-state index < -0.39 is 6.16 Å². The minimum Gasteiger partial charge on any atom is -0.434 e. The minimum absolute atomic E-state index is 0.212. The zero-order valence-electron chi connectivity index (χ0n) is 17.2. The summed E-state index contributed by atoms with van der Waals surface area (Å²) in [4.78, 5) is 36.4. The van der Waals surface area contributed by atoms with Crippen LogP contribution < -0.4 is 15.4 Å². The fourth-order valence-corrected chi connectivity index (χ4v) is 2.82. The summed E-state index contributed by atoms with van der Waals surface area (Å²) in [7, 11) is 0. The van der Waals surface area contributed by atoms with E-state index in [4.69, 9.17) is 9.47 Å². The lowest BCUT2D eigenvalue weighted by atomic mass is 10.1. The molecule has 0 aliphatic heterocycles. The molecule has 0 unspecified atom stereocenters. The summed E-state index contributed by atoms with van der Waals surface area (Å²) in [6.45, 7) is 3.76. The van der Waals surface area contributed by atoms with Crippen molar-refractivity contribution >= 4 is 29.3 Å². The van der Waals surface area contributed by atoms with E-state index in [0.29, 0.717) is 22.5 Å². The first-order chi connectivity index (χ1) is 15.0. The molecule has 0 fully saturated rings. The average molecular weight is 418 g/mol. The van der Waals surface area contributed by atoms with E-state index >= 15 is 0 Å². The monoisotopic (exact) mass is 418 g/mol. The van der Waals surface area contributed by atoms with Crippen molar-refractivity contribution < 1.29 is 23.9 Å². The molecule has 0 saturated heterocycles. The van der Waals surface area contributed by atoms with Gasteiger partial charge in [0.05, 0.1) is 6.61 Å². The molecular weight excluding hydrogens is 396 g/mol. The van der Waals surface area contributed by atoms with Gasteiger partial charge in [0.25, 0.3) is 11.8 Å². The molecule has 0 atom stereocenters. The number of anilines is 2. The second kappa shape index (κ2) is 10.1. The van der Waals surface area contributed by atoms with Gasteiger partial charge >= 0.3 is 6.16 Å². The maximum absolute atomic E-state index is 12.5. The van der Waals surface area contributed by atoms with E-state index in [1.54, 1.807) is 37.3 Å². The van der Waals surface area contributed by atoms with Gasteiger partial charge in [-0.05, 0) is 67.9 Å². The zero-order valence-corrected chi connectivity index (χ0v) is 17.2. The van der Waals surface area contributed by atoms with Crippen LogP contribution in [-0.2, 0) is 4.74 Å². The van der Waals surface area contributed by atoms with Crippen LogP contribution in [0.15, 0.2) is 72.8 Å². The standard InChI is InChI=1S/C24H22N2O5/c1-3-30-24(29)31-20-13-11-17(12-14-20)22(27)25-18-8-6-9-19(15-18)26-23(28)21-10-5-4-7-16(21)2/h4-15H,3H2,1-2H3,(H,25,27)(H,26,28). The first kappa shape index (κ1) is 21.6. The van der Waals surface area contributed by atoms with Crippen molar-refractivity contribution in [3.8, 4) is 5.75 Å². The number of hydrogen-bond acceptors (Lipinski definition) is 5. The molecule has 158 valence electrons. The van der Waals surface area contributed by atoms with Crippen LogP contribution in [0.5, 0.6) is 5.75 Å². The molecule has 0 radical (unpaired) electrons. The van der Waals surface area contributed by atoms with Gasteiger partial charge in [0.1, 0.15) is 5.75 Å². The van der Waals surface area contributed by atoms with E-state index in [9.17, 15) is 14.4 Å². The summed E-state index contributed by atoms with van der Waals surface area (Å²) in [5, 5.41) is 5.62. The Labute approximate surface area is 180 Å². The van der Waals surface area contributed by atoms with Gasteiger partial charge in [-0.3, -0.25) is 9.59 Å². The molecule has 0 saturated carbocycles. The largest absolute Gasteiger partial charge is 0.513 e. The molecule has 0 spiro atoms. The Balaban J connectivity index is 1.64. The highest BCUT2D eigenvalue weighted by Gasteiger charge is 2.11. The molecule has 0 bridgehead atoms. The number of carbonyl (C=O) groups excluding carboxylic acids is 3. The predicted octanol–water partition coefficient (Wildman–Crippen LogP) is 5.03. The SMILES string of the molecule is CCOC(=O)Oc1ccc(C(=O)Nc2cccc(NC(=O)c3ccccc3C)c2)cc1. The fourth-order valence-electron chi connectivity index (χ4n) is 2.82. The summed E-state index contributed by atoms with van der Waals surface area (Å²) < 4.78 is 9.68. The molecule has 0 aliphatic rings. The van der Waals surface area contributed by atoms with Gasteiger partial charge < -0.3 is 20.1 Å².